The van der Waals surface area contributed by atoms with Gasteiger partial charge in [-0.3, -0.25) is 4.79 Å². The highest BCUT2D eigenvalue weighted by atomic mass is 32.2. The van der Waals surface area contributed by atoms with Crippen LogP contribution in [-0.2, 0) is 15.0 Å². The van der Waals surface area contributed by atoms with Crippen LogP contribution in [0, 0.1) is 0 Å². The van der Waals surface area contributed by atoms with Gasteiger partial charge in [-0.25, -0.2) is 4.72 Å². The Hall–Kier alpha value is -2.01. The van der Waals surface area contributed by atoms with Crippen molar-refractivity contribution in [3.63, 3.8) is 0 Å². The van der Waals surface area contributed by atoms with Gasteiger partial charge in [0.15, 0.2) is 0 Å². The molecule has 1 amide bonds. The highest BCUT2D eigenvalue weighted by molar-refractivity contribution is 7.87. The summed E-state index contributed by atoms with van der Waals surface area (Å²) in [5.41, 5.74) is 0. The number of halogens is 3. The highest BCUT2D eigenvalue weighted by Crippen LogP contribution is 2.26. The number of nitrogens with one attached hydrogen (secondary N) is 1. The molecule has 1 aromatic carbocycles. The molecule has 0 bridgehead atoms. The molecule has 1 aromatic rings. The maximum absolute atomic E-state index is 12.1. The van der Waals surface area contributed by atoms with Gasteiger partial charge in [0, 0.05) is 20.0 Å². The molecule has 1 aliphatic rings. The largest absolute Gasteiger partial charge is 0.573 e. The molecule has 1 aliphatic heterocycles. The maximum atomic E-state index is 12.1. The van der Waals surface area contributed by atoms with Crippen LogP contribution in [0.5, 0.6) is 11.5 Å². The Kier molecular flexibility index (Phi) is 5.78. The number of piperidine rings is 1. The summed E-state index contributed by atoms with van der Waals surface area (Å²) in [6.07, 6.45) is -4.26. The summed E-state index contributed by atoms with van der Waals surface area (Å²) in [7, 11) is -3.85. The Balaban J connectivity index is 1.87. The minimum Gasteiger partial charge on any atom is -0.490 e. The van der Waals surface area contributed by atoms with E-state index < -0.39 is 22.5 Å². The molecule has 1 N–H and O–H groups in total. The molecule has 1 heterocycles. The molecule has 0 radical (unpaired) electrons. The standard InChI is InChI=1S/C14H17F3N2O5S/c1-10(20)18-25(21,22)19-8-6-12(7-9-19)23-11-2-4-13(5-3-11)24-14(15,16)17/h2-5,12H,6-9H2,1H3,(H,18,20). The third-order valence-corrected chi connectivity index (χ3v) is 4.96. The van der Waals surface area contributed by atoms with Crippen molar-refractivity contribution in [3.8, 4) is 11.5 Å². The van der Waals surface area contributed by atoms with Gasteiger partial charge in [-0.1, -0.05) is 0 Å². The number of alkyl halides is 3. The molecule has 0 aliphatic carbocycles. The van der Waals surface area contributed by atoms with E-state index >= 15 is 0 Å². The summed E-state index contributed by atoms with van der Waals surface area (Å²) in [6.45, 7) is 1.45. The van der Waals surface area contributed by atoms with Crippen LogP contribution in [0.2, 0.25) is 0 Å². The zero-order chi connectivity index (χ0) is 18.7. The lowest BCUT2D eigenvalue weighted by atomic mass is 10.1. The molecule has 11 heteroatoms. The Labute approximate surface area is 142 Å². The number of amides is 1. The van der Waals surface area contributed by atoms with Crippen LogP contribution in [-0.4, -0.2) is 44.2 Å². The molecule has 2 rings (SSSR count). The number of carbonyl (C=O) groups is 1. The summed E-state index contributed by atoms with van der Waals surface area (Å²) < 4.78 is 72.4. The van der Waals surface area contributed by atoms with Gasteiger partial charge in [0.1, 0.15) is 17.6 Å². The normalized spacial score (nSPS) is 17.1. The third kappa shape index (κ3) is 6.09. The Morgan fingerprint density at radius 3 is 2.16 bits per heavy atom. The van der Waals surface area contributed by atoms with Gasteiger partial charge in [-0.2, -0.15) is 12.7 Å². The molecule has 25 heavy (non-hydrogen) atoms. The number of ether oxygens (including phenoxy) is 2. The van der Waals surface area contributed by atoms with E-state index in [1.807, 2.05) is 4.72 Å². The molecule has 1 fully saturated rings. The third-order valence-electron chi connectivity index (χ3n) is 3.37. The molecular weight excluding hydrogens is 365 g/mol. The quantitative estimate of drug-likeness (QED) is 0.840. The summed E-state index contributed by atoms with van der Waals surface area (Å²) in [5.74, 6) is -0.659. The number of carbonyl (C=O) groups excluding carboxylic acids is 1. The summed E-state index contributed by atoms with van der Waals surface area (Å²) >= 11 is 0. The van der Waals surface area contributed by atoms with Crippen molar-refractivity contribution in [1.82, 2.24) is 9.03 Å². The van der Waals surface area contributed by atoms with E-state index in [4.69, 9.17) is 4.74 Å². The molecule has 0 aromatic heterocycles. The van der Waals surface area contributed by atoms with Crippen LogP contribution in [0.3, 0.4) is 0 Å². The van der Waals surface area contributed by atoms with E-state index in [1.165, 1.54) is 12.1 Å². The average Bonchev–Trinajstić information content (AvgIpc) is 2.47. The van der Waals surface area contributed by atoms with Crippen molar-refractivity contribution >= 4 is 16.1 Å². The number of hydrogen-bond acceptors (Lipinski definition) is 5. The van der Waals surface area contributed by atoms with Crippen molar-refractivity contribution < 1.29 is 35.9 Å². The summed E-state index contributed by atoms with van der Waals surface area (Å²) in [5, 5.41) is 0. The Bertz CT molecular complexity index is 698. The number of benzene rings is 1. The second-order valence-electron chi connectivity index (χ2n) is 5.40. The zero-order valence-corrected chi connectivity index (χ0v) is 14.1. The fraction of sp³-hybridized carbons (Fsp3) is 0.500. The monoisotopic (exact) mass is 382 g/mol. The first-order valence-electron chi connectivity index (χ1n) is 7.36. The predicted molar refractivity (Wildman–Crippen MR) is 81.1 cm³/mol. The van der Waals surface area contributed by atoms with Crippen LogP contribution in [0.1, 0.15) is 19.8 Å². The lowest BCUT2D eigenvalue weighted by molar-refractivity contribution is -0.274. The van der Waals surface area contributed by atoms with Crippen molar-refractivity contribution in [3.05, 3.63) is 24.3 Å². The van der Waals surface area contributed by atoms with E-state index in [-0.39, 0.29) is 24.9 Å². The number of hydrogen-bond donors (Lipinski definition) is 1. The number of nitrogens with zero attached hydrogens (tertiary/aromatic N) is 1. The van der Waals surface area contributed by atoms with E-state index in [0.717, 1.165) is 23.4 Å². The van der Waals surface area contributed by atoms with Gasteiger partial charge in [0.25, 0.3) is 0 Å². The molecular formula is C14H17F3N2O5S. The van der Waals surface area contributed by atoms with E-state index in [9.17, 15) is 26.4 Å². The minimum atomic E-state index is -4.76. The predicted octanol–water partition coefficient (Wildman–Crippen LogP) is 1.81. The van der Waals surface area contributed by atoms with Crippen LogP contribution in [0.15, 0.2) is 24.3 Å². The van der Waals surface area contributed by atoms with Gasteiger partial charge in [0.2, 0.25) is 5.91 Å². The Morgan fingerprint density at radius 2 is 1.68 bits per heavy atom. The molecule has 0 saturated carbocycles. The van der Waals surface area contributed by atoms with Gasteiger partial charge < -0.3 is 9.47 Å². The second kappa shape index (κ2) is 7.48. The Morgan fingerprint density at radius 1 is 1.16 bits per heavy atom. The second-order valence-corrected chi connectivity index (χ2v) is 7.07. The molecule has 0 spiro atoms. The van der Waals surface area contributed by atoms with Crippen molar-refractivity contribution in [2.75, 3.05) is 13.1 Å². The van der Waals surface area contributed by atoms with Crippen LogP contribution < -0.4 is 14.2 Å². The van der Waals surface area contributed by atoms with Crippen LogP contribution in [0.4, 0.5) is 13.2 Å². The van der Waals surface area contributed by atoms with Gasteiger partial charge in [-0.05, 0) is 37.1 Å². The minimum absolute atomic E-state index is 0.169. The molecule has 0 atom stereocenters. The lowest BCUT2D eigenvalue weighted by Crippen LogP contribution is -2.48. The molecule has 0 unspecified atom stereocenters. The van der Waals surface area contributed by atoms with Crippen LogP contribution >= 0.6 is 0 Å². The number of rotatable bonds is 5. The lowest BCUT2D eigenvalue weighted by Gasteiger charge is -2.31. The first kappa shape index (κ1) is 19.3. The van der Waals surface area contributed by atoms with Crippen molar-refractivity contribution in [1.29, 1.82) is 0 Å². The van der Waals surface area contributed by atoms with Gasteiger partial charge >= 0.3 is 16.6 Å². The smallest absolute Gasteiger partial charge is 0.490 e. The van der Waals surface area contributed by atoms with Gasteiger partial charge in [0.05, 0.1) is 0 Å². The van der Waals surface area contributed by atoms with Crippen molar-refractivity contribution in [2.45, 2.75) is 32.2 Å². The zero-order valence-electron chi connectivity index (χ0n) is 13.2. The summed E-state index contributed by atoms with van der Waals surface area (Å²) in [6, 6.07) is 4.97. The summed E-state index contributed by atoms with van der Waals surface area (Å²) in [4.78, 5) is 10.9. The van der Waals surface area contributed by atoms with E-state index in [1.54, 1.807) is 0 Å². The molecule has 1 saturated heterocycles. The molecule has 7 nitrogen and oxygen atoms in total. The van der Waals surface area contributed by atoms with Crippen LogP contribution in [0.25, 0.3) is 0 Å². The van der Waals surface area contributed by atoms with E-state index in [0.29, 0.717) is 18.6 Å². The average molecular weight is 382 g/mol. The van der Waals surface area contributed by atoms with Gasteiger partial charge in [-0.15, -0.1) is 13.2 Å². The SMILES string of the molecule is CC(=O)NS(=O)(=O)N1CCC(Oc2ccc(OC(F)(F)F)cc2)CC1. The topological polar surface area (TPSA) is 84.9 Å². The molecule has 140 valence electrons. The fourth-order valence-corrected chi connectivity index (χ4v) is 3.53. The highest BCUT2D eigenvalue weighted by Gasteiger charge is 2.31. The van der Waals surface area contributed by atoms with Crippen molar-refractivity contribution in [2.24, 2.45) is 0 Å². The van der Waals surface area contributed by atoms with E-state index in [2.05, 4.69) is 4.74 Å². The first-order valence-corrected chi connectivity index (χ1v) is 8.80. The first-order chi connectivity index (χ1) is 11.5. The maximum Gasteiger partial charge on any atom is 0.573 e. The fourth-order valence-electron chi connectivity index (χ4n) is 2.35.